The van der Waals surface area contributed by atoms with Crippen molar-refractivity contribution >= 4 is 50.5 Å². The lowest BCUT2D eigenvalue weighted by molar-refractivity contribution is -0.115. The summed E-state index contributed by atoms with van der Waals surface area (Å²) in [7, 11) is 3.64. The fourth-order valence-corrected chi connectivity index (χ4v) is 4.06. The maximum Gasteiger partial charge on any atom is 0.253 e. The Kier molecular flexibility index (Phi) is 4.41. The molecule has 0 radical (unpaired) electrons. The highest BCUT2D eigenvalue weighted by Gasteiger charge is 2.21. The van der Waals surface area contributed by atoms with Crippen LogP contribution in [0.4, 0.5) is 11.4 Å². The summed E-state index contributed by atoms with van der Waals surface area (Å²) in [5, 5.41) is 4.82. The molecule has 1 aliphatic heterocycles. The van der Waals surface area contributed by atoms with Crippen molar-refractivity contribution in [1.82, 2.24) is 4.90 Å². The Morgan fingerprint density at radius 1 is 1.43 bits per heavy atom. The second-order valence-electron chi connectivity index (χ2n) is 5.53. The number of thiophene rings is 1. The summed E-state index contributed by atoms with van der Waals surface area (Å²) in [5.74, 6) is -0.138. The van der Waals surface area contributed by atoms with Gasteiger partial charge in [0, 0.05) is 34.4 Å². The highest BCUT2D eigenvalue weighted by Crippen LogP contribution is 2.30. The summed E-state index contributed by atoms with van der Waals surface area (Å²) < 4.78 is 1.03. The van der Waals surface area contributed by atoms with E-state index in [0.29, 0.717) is 24.3 Å². The quantitative estimate of drug-likeness (QED) is 0.870. The number of fused-ring (bicyclic) bond motifs is 1. The molecular formula is C16H16BrN3O2S. The van der Waals surface area contributed by atoms with E-state index in [1.165, 1.54) is 0 Å². The highest BCUT2D eigenvalue weighted by atomic mass is 79.9. The molecule has 0 spiro atoms. The number of nitrogens with zero attached hydrogens (tertiary/aromatic N) is 2. The first kappa shape index (κ1) is 16.0. The Morgan fingerprint density at radius 3 is 2.91 bits per heavy atom. The number of rotatable bonds is 3. The molecule has 5 nitrogen and oxygen atoms in total. The first-order valence-electron chi connectivity index (χ1n) is 7.07. The van der Waals surface area contributed by atoms with Gasteiger partial charge in [0.1, 0.15) is 0 Å². The average molecular weight is 394 g/mol. The van der Waals surface area contributed by atoms with E-state index < -0.39 is 0 Å². The SMILES string of the molecule is CN(Cc1cc(Br)cs1)C(=O)c1ccc2c(c1)NC(=O)CN2C. The molecule has 0 saturated heterocycles. The van der Waals surface area contributed by atoms with Gasteiger partial charge in [-0.1, -0.05) is 0 Å². The lowest BCUT2D eigenvalue weighted by Gasteiger charge is -2.28. The number of carbonyl (C=O) groups is 2. The molecule has 23 heavy (non-hydrogen) atoms. The summed E-state index contributed by atoms with van der Waals surface area (Å²) in [4.78, 5) is 28.9. The van der Waals surface area contributed by atoms with E-state index >= 15 is 0 Å². The smallest absolute Gasteiger partial charge is 0.253 e. The molecule has 0 atom stereocenters. The van der Waals surface area contributed by atoms with Crippen LogP contribution in [0.2, 0.25) is 0 Å². The van der Waals surface area contributed by atoms with Crippen LogP contribution in [-0.2, 0) is 11.3 Å². The zero-order valence-corrected chi connectivity index (χ0v) is 15.2. The first-order chi connectivity index (χ1) is 10.9. The van der Waals surface area contributed by atoms with Crippen molar-refractivity contribution in [3.63, 3.8) is 0 Å². The van der Waals surface area contributed by atoms with Crippen LogP contribution >= 0.6 is 27.3 Å². The summed E-state index contributed by atoms with van der Waals surface area (Å²) in [6.45, 7) is 0.881. The standard InChI is InChI=1S/C16H16BrN3O2S/c1-19-8-15(21)18-13-5-10(3-4-14(13)19)16(22)20(2)7-12-6-11(17)9-23-12/h3-6,9H,7-8H2,1-2H3,(H,18,21). The Balaban J connectivity index is 1.79. The van der Waals surface area contributed by atoms with Crippen LogP contribution in [0.25, 0.3) is 0 Å². The van der Waals surface area contributed by atoms with E-state index in [-0.39, 0.29) is 11.8 Å². The van der Waals surface area contributed by atoms with E-state index in [2.05, 4.69) is 21.2 Å². The second kappa shape index (κ2) is 6.33. The van der Waals surface area contributed by atoms with Gasteiger partial charge in [0.05, 0.1) is 24.5 Å². The van der Waals surface area contributed by atoms with E-state index in [9.17, 15) is 9.59 Å². The average Bonchev–Trinajstić information content (AvgIpc) is 2.90. The molecule has 2 amide bonds. The van der Waals surface area contributed by atoms with Crippen LogP contribution < -0.4 is 10.2 Å². The maximum absolute atomic E-state index is 12.6. The molecule has 2 heterocycles. The van der Waals surface area contributed by atoms with Gasteiger partial charge in [0.25, 0.3) is 5.91 Å². The summed E-state index contributed by atoms with van der Waals surface area (Å²) in [6.07, 6.45) is 0. The number of hydrogen-bond acceptors (Lipinski definition) is 4. The van der Waals surface area contributed by atoms with Gasteiger partial charge in [-0.05, 0) is 40.2 Å². The summed E-state index contributed by atoms with van der Waals surface area (Å²) >= 11 is 5.03. The molecule has 0 aliphatic carbocycles. The molecular weight excluding hydrogens is 378 g/mol. The molecule has 7 heteroatoms. The molecule has 0 bridgehead atoms. The lowest BCUT2D eigenvalue weighted by atomic mass is 10.1. The van der Waals surface area contributed by atoms with Gasteiger partial charge >= 0.3 is 0 Å². The predicted molar refractivity (Wildman–Crippen MR) is 96.2 cm³/mol. The minimum Gasteiger partial charge on any atom is -0.364 e. The van der Waals surface area contributed by atoms with Gasteiger partial charge in [-0.25, -0.2) is 0 Å². The Bertz CT molecular complexity index is 774. The van der Waals surface area contributed by atoms with Crippen LogP contribution in [0.3, 0.4) is 0 Å². The highest BCUT2D eigenvalue weighted by molar-refractivity contribution is 9.10. The number of carbonyl (C=O) groups excluding carboxylic acids is 2. The minimum absolute atomic E-state index is 0.0682. The molecule has 1 aliphatic rings. The van der Waals surface area contributed by atoms with Crippen molar-refractivity contribution in [3.8, 4) is 0 Å². The van der Waals surface area contributed by atoms with Crippen LogP contribution in [0.1, 0.15) is 15.2 Å². The van der Waals surface area contributed by atoms with Crippen molar-refractivity contribution in [3.05, 3.63) is 44.6 Å². The van der Waals surface area contributed by atoms with Crippen molar-refractivity contribution < 1.29 is 9.59 Å². The number of halogens is 1. The Hall–Kier alpha value is -1.86. The molecule has 0 fully saturated rings. The van der Waals surface area contributed by atoms with Gasteiger partial charge < -0.3 is 15.1 Å². The fraction of sp³-hybridized carbons (Fsp3) is 0.250. The van der Waals surface area contributed by atoms with Crippen LogP contribution in [0.15, 0.2) is 34.1 Å². The number of amides is 2. The van der Waals surface area contributed by atoms with E-state index in [1.807, 2.05) is 29.5 Å². The molecule has 0 saturated carbocycles. The monoisotopic (exact) mass is 393 g/mol. The molecule has 1 aromatic heterocycles. The molecule has 1 N–H and O–H groups in total. The Morgan fingerprint density at radius 2 is 2.22 bits per heavy atom. The maximum atomic E-state index is 12.6. The van der Waals surface area contributed by atoms with Crippen LogP contribution in [-0.4, -0.2) is 37.4 Å². The number of hydrogen-bond donors (Lipinski definition) is 1. The first-order valence-corrected chi connectivity index (χ1v) is 8.74. The summed E-state index contributed by atoms with van der Waals surface area (Å²) in [6, 6.07) is 7.43. The topological polar surface area (TPSA) is 52.7 Å². The fourth-order valence-electron chi connectivity index (χ4n) is 2.56. The summed E-state index contributed by atoms with van der Waals surface area (Å²) in [5.41, 5.74) is 2.17. The van der Waals surface area contributed by atoms with Gasteiger partial charge in [0.15, 0.2) is 0 Å². The predicted octanol–water partition coefficient (Wildman–Crippen LogP) is 3.17. The number of benzene rings is 1. The van der Waals surface area contributed by atoms with Crippen LogP contribution in [0.5, 0.6) is 0 Å². The molecule has 2 aromatic rings. The largest absolute Gasteiger partial charge is 0.364 e. The number of anilines is 2. The van der Waals surface area contributed by atoms with Gasteiger partial charge in [-0.15, -0.1) is 11.3 Å². The lowest BCUT2D eigenvalue weighted by Crippen LogP contribution is -2.35. The zero-order valence-electron chi connectivity index (χ0n) is 12.8. The van der Waals surface area contributed by atoms with Gasteiger partial charge in [-0.3, -0.25) is 9.59 Å². The third-order valence-corrected chi connectivity index (χ3v) is 5.35. The van der Waals surface area contributed by atoms with E-state index in [4.69, 9.17) is 0 Å². The normalized spacial score (nSPS) is 13.5. The van der Waals surface area contributed by atoms with E-state index in [0.717, 1.165) is 15.0 Å². The van der Waals surface area contributed by atoms with Crippen molar-refractivity contribution in [1.29, 1.82) is 0 Å². The third-order valence-electron chi connectivity index (χ3n) is 3.67. The van der Waals surface area contributed by atoms with Gasteiger partial charge in [-0.2, -0.15) is 0 Å². The van der Waals surface area contributed by atoms with Crippen molar-refractivity contribution in [2.24, 2.45) is 0 Å². The molecule has 0 unspecified atom stereocenters. The van der Waals surface area contributed by atoms with Gasteiger partial charge in [0.2, 0.25) is 5.91 Å². The van der Waals surface area contributed by atoms with E-state index in [1.54, 1.807) is 35.4 Å². The minimum atomic E-state index is -0.0696. The molecule has 120 valence electrons. The number of nitrogens with one attached hydrogen (secondary N) is 1. The number of likely N-dealkylation sites (N-methyl/N-ethyl adjacent to an activating group) is 1. The molecule has 1 aromatic carbocycles. The third kappa shape index (κ3) is 3.40. The second-order valence-corrected chi connectivity index (χ2v) is 7.44. The zero-order chi connectivity index (χ0) is 16.6. The van der Waals surface area contributed by atoms with Crippen molar-refractivity contribution in [2.45, 2.75) is 6.54 Å². The van der Waals surface area contributed by atoms with Crippen molar-refractivity contribution in [2.75, 3.05) is 30.9 Å². The molecule has 3 rings (SSSR count). The Labute approximate surface area is 147 Å². The van der Waals surface area contributed by atoms with Crippen LogP contribution in [0, 0.1) is 0 Å².